The third kappa shape index (κ3) is 4.67. The summed E-state index contributed by atoms with van der Waals surface area (Å²) in [6.07, 6.45) is 0. The summed E-state index contributed by atoms with van der Waals surface area (Å²) in [4.78, 5) is 0. The summed E-state index contributed by atoms with van der Waals surface area (Å²) in [5.41, 5.74) is 12.9. The number of hydrogen-bond donors (Lipinski definition) is 0. The van der Waals surface area contributed by atoms with Crippen LogP contribution in [-0.4, -0.2) is 0 Å². The molecule has 2 heterocycles. The lowest BCUT2D eigenvalue weighted by molar-refractivity contribution is 0.632. The first-order chi connectivity index (χ1) is 26.8. The van der Waals surface area contributed by atoms with Gasteiger partial charge in [0.1, 0.15) is 22.5 Å². The maximum absolute atomic E-state index is 6.99. The van der Waals surface area contributed by atoms with Crippen molar-refractivity contribution in [3.05, 3.63) is 194 Å². The van der Waals surface area contributed by atoms with Gasteiger partial charge in [-0.25, -0.2) is 0 Å². The van der Waals surface area contributed by atoms with E-state index in [9.17, 15) is 0 Å². The molecule has 0 fully saturated rings. The average Bonchev–Trinajstić information content (AvgIpc) is 3.83. The molecule has 54 heavy (non-hydrogen) atoms. The van der Waals surface area contributed by atoms with E-state index >= 15 is 0 Å². The minimum absolute atomic E-state index is 0.838. The first-order valence-corrected chi connectivity index (χ1v) is 18.4. The molecule has 2 aromatic heterocycles. The zero-order valence-corrected chi connectivity index (χ0v) is 29.3. The van der Waals surface area contributed by atoms with E-state index in [2.05, 4.69) is 188 Å². The van der Waals surface area contributed by atoms with Crippen LogP contribution in [0.2, 0.25) is 0 Å². The Morgan fingerprint density at radius 3 is 1.41 bits per heavy atom. The predicted octanol–water partition coefficient (Wildman–Crippen LogP) is 15.0. The first-order valence-electron chi connectivity index (χ1n) is 18.4. The molecular weight excluding hydrogens is 657 g/mol. The summed E-state index contributed by atoms with van der Waals surface area (Å²) in [6.45, 7) is 0. The smallest absolute Gasteiger partial charge is 0.143 e. The molecule has 11 aromatic rings. The highest BCUT2D eigenvalue weighted by molar-refractivity contribution is 6.28. The second kappa shape index (κ2) is 12.2. The van der Waals surface area contributed by atoms with Crippen LogP contribution in [0.5, 0.6) is 0 Å². The minimum Gasteiger partial charge on any atom is -0.455 e. The quantitative estimate of drug-likeness (QED) is 0.168. The molecule has 0 amide bonds. The molecule has 0 radical (unpaired) electrons. The van der Waals surface area contributed by atoms with Crippen molar-refractivity contribution in [1.82, 2.24) is 0 Å². The molecule has 0 spiro atoms. The van der Waals surface area contributed by atoms with Gasteiger partial charge in [-0.3, -0.25) is 0 Å². The standard InChI is InChI=1S/C52H32O2/c1-4-16-33(17-5-1)36-22-14-23-37(32-36)46-38-24-10-12-26-40(38)48(41-27-13-11-25-39(41)46)42-28-15-29-43-49-44(54-52(42)43)30-31-45-50(49)47(34-18-6-2-7-19-34)51(53-45)35-20-8-3-9-21-35/h1-32H. The van der Waals surface area contributed by atoms with Crippen LogP contribution in [0.3, 0.4) is 0 Å². The van der Waals surface area contributed by atoms with Gasteiger partial charge >= 0.3 is 0 Å². The molecule has 0 aliphatic heterocycles. The van der Waals surface area contributed by atoms with Gasteiger partial charge in [-0.15, -0.1) is 0 Å². The van der Waals surface area contributed by atoms with Gasteiger partial charge in [0.2, 0.25) is 0 Å². The van der Waals surface area contributed by atoms with Crippen LogP contribution in [0.25, 0.3) is 110 Å². The van der Waals surface area contributed by atoms with E-state index in [-0.39, 0.29) is 0 Å². The zero-order chi connectivity index (χ0) is 35.6. The molecule has 9 aromatic carbocycles. The molecule has 0 atom stereocenters. The van der Waals surface area contributed by atoms with E-state index in [0.717, 1.165) is 60.9 Å². The second-order valence-corrected chi connectivity index (χ2v) is 13.9. The van der Waals surface area contributed by atoms with Crippen LogP contribution in [0.1, 0.15) is 0 Å². The maximum Gasteiger partial charge on any atom is 0.143 e. The third-order valence-electron chi connectivity index (χ3n) is 10.9. The largest absolute Gasteiger partial charge is 0.455 e. The van der Waals surface area contributed by atoms with Crippen LogP contribution >= 0.6 is 0 Å². The van der Waals surface area contributed by atoms with Gasteiger partial charge in [-0.2, -0.15) is 0 Å². The SMILES string of the molecule is c1ccc(-c2cccc(-c3c4ccccc4c(-c4cccc5c4oc4ccc6oc(-c7ccccc7)c(-c7ccccc7)c6c45)c4ccccc34)c2)cc1. The number of furan rings is 2. The van der Waals surface area contributed by atoms with Crippen molar-refractivity contribution < 1.29 is 8.83 Å². The van der Waals surface area contributed by atoms with E-state index in [1.54, 1.807) is 0 Å². The number of fused-ring (bicyclic) bond motifs is 7. The Kier molecular flexibility index (Phi) is 6.90. The van der Waals surface area contributed by atoms with Gasteiger partial charge in [0.15, 0.2) is 0 Å². The van der Waals surface area contributed by atoms with E-state index in [4.69, 9.17) is 8.83 Å². The minimum atomic E-state index is 0.838. The van der Waals surface area contributed by atoms with Crippen LogP contribution in [0.4, 0.5) is 0 Å². The second-order valence-electron chi connectivity index (χ2n) is 13.9. The molecule has 0 unspecified atom stereocenters. The molecule has 2 heteroatoms. The number of para-hydroxylation sites is 1. The van der Waals surface area contributed by atoms with Gasteiger partial charge in [0.25, 0.3) is 0 Å². The fraction of sp³-hybridized carbons (Fsp3) is 0. The topological polar surface area (TPSA) is 26.3 Å². The Balaban J connectivity index is 1.21. The highest BCUT2D eigenvalue weighted by atomic mass is 16.3. The van der Waals surface area contributed by atoms with Crippen molar-refractivity contribution in [2.75, 3.05) is 0 Å². The van der Waals surface area contributed by atoms with Gasteiger partial charge < -0.3 is 8.83 Å². The predicted molar refractivity (Wildman–Crippen MR) is 226 cm³/mol. The van der Waals surface area contributed by atoms with Crippen molar-refractivity contribution >= 4 is 54.5 Å². The summed E-state index contributed by atoms with van der Waals surface area (Å²) < 4.78 is 13.7. The Bertz CT molecular complexity index is 3130. The molecule has 0 aliphatic carbocycles. The average molecular weight is 689 g/mol. The molecule has 0 saturated carbocycles. The summed E-state index contributed by atoms with van der Waals surface area (Å²) in [7, 11) is 0. The number of benzene rings is 9. The fourth-order valence-electron chi connectivity index (χ4n) is 8.56. The van der Waals surface area contributed by atoms with Crippen molar-refractivity contribution in [2.45, 2.75) is 0 Å². The van der Waals surface area contributed by atoms with E-state index in [1.165, 1.54) is 49.4 Å². The molecule has 2 nitrogen and oxygen atoms in total. The molecule has 0 N–H and O–H groups in total. The number of rotatable bonds is 5. The van der Waals surface area contributed by atoms with Crippen molar-refractivity contribution in [3.63, 3.8) is 0 Å². The first kappa shape index (κ1) is 30.5. The Morgan fingerprint density at radius 1 is 0.278 bits per heavy atom. The van der Waals surface area contributed by atoms with E-state index < -0.39 is 0 Å². The number of hydrogen-bond acceptors (Lipinski definition) is 2. The summed E-state index contributed by atoms with van der Waals surface area (Å²) in [5.74, 6) is 0.860. The lowest BCUT2D eigenvalue weighted by Crippen LogP contribution is -1.91. The third-order valence-corrected chi connectivity index (χ3v) is 10.9. The highest BCUT2D eigenvalue weighted by Gasteiger charge is 2.25. The molecule has 0 bridgehead atoms. The van der Waals surface area contributed by atoms with E-state index in [1.807, 2.05) is 6.07 Å². The van der Waals surface area contributed by atoms with Crippen molar-refractivity contribution in [3.8, 4) is 55.8 Å². The summed E-state index contributed by atoms with van der Waals surface area (Å²) in [6, 6.07) is 68.9. The summed E-state index contributed by atoms with van der Waals surface area (Å²) in [5, 5.41) is 8.00. The van der Waals surface area contributed by atoms with Crippen molar-refractivity contribution in [2.24, 2.45) is 0 Å². The van der Waals surface area contributed by atoms with Gasteiger partial charge in [-0.05, 0) is 67.6 Å². The normalized spacial score (nSPS) is 11.7. The lowest BCUT2D eigenvalue weighted by atomic mass is 9.85. The molecule has 252 valence electrons. The monoisotopic (exact) mass is 688 g/mol. The van der Waals surface area contributed by atoms with Crippen LogP contribution in [0.15, 0.2) is 203 Å². The van der Waals surface area contributed by atoms with Crippen molar-refractivity contribution in [1.29, 1.82) is 0 Å². The van der Waals surface area contributed by atoms with Crippen LogP contribution in [-0.2, 0) is 0 Å². The Labute approximate surface area is 312 Å². The molecule has 0 aliphatic rings. The maximum atomic E-state index is 6.99. The van der Waals surface area contributed by atoms with Gasteiger partial charge in [-0.1, -0.05) is 176 Å². The summed E-state index contributed by atoms with van der Waals surface area (Å²) >= 11 is 0. The molecular formula is C52H32O2. The Hall–Kier alpha value is -7.16. The molecule has 0 saturated heterocycles. The van der Waals surface area contributed by atoms with Gasteiger partial charge in [0.05, 0.1) is 0 Å². The zero-order valence-electron chi connectivity index (χ0n) is 29.3. The van der Waals surface area contributed by atoms with E-state index in [0.29, 0.717) is 0 Å². The van der Waals surface area contributed by atoms with Crippen LogP contribution < -0.4 is 0 Å². The Morgan fingerprint density at radius 2 is 0.759 bits per heavy atom. The van der Waals surface area contributed by atoms with Crippen LogP contribution in [0, 0.1) is 0 Å². The lowest BCUT2D eigenvalue weighted by Gasteiger charge is -2.18. The molecule has 11 rings (SSSR count). The fourth-order valence-corrected chi connectivity index (χ4v) is 8.56. The van der Waals surface area contributed by atoms with Gasteiger partial charge in [0, 0.05) is 38.4 Å². The highest BCUT2D eigenvalue weighted by Crippen LogP contribution is 2.50.